The first-order chi connectivity index (χ1) is 8.56. The van der Waals surface area contributed by atoms with Crippen LogP contribution >= 0.6 is 11.6 Å². The zero-order valence-electron chi connectivity index (χ0n) is 9.49. The molecule has 2 N–H and O–H groups in total. The van der Waals surface area contributed by atoms with Crippen LogP contribution in [0.2, 0.25) is 5.02 Å². The van der Waals surface area contributed by atoms with E-state index in [1.54, 1.807) is 24.3 Å². The Balaban J connectivity index is 2.18. The van der Waals surface area contributed by atoms with Crippen LogP contribution in [-0.4, -0.2) is 5.78 Å². The van der Waals surface area contributed by atoms with Crippen molar-refractivity contribution in [2.45, 2.75) is 6.42 Å². The first kappa shape index (κ1) is 12.6. The lowest BCUT2D eigenvalue weighted by molar-refractivity contribution is 0.0993. The summed E-state index contributed by atoms with van der Waals surface area (Å²) in [5, 5.41) is 0.263. The van der Waals surface area contributed by atoms with Gasteiger partial charge < -0.3 is 5.73 Å². The molecular formula is C14H11ClFNO. The Bertz CT molecular complexity index is 581. The Morgan fingerprint density at radius 3 is 2.44 bits per heavy atom. The number of Topliss-reactive ketones (excluding diaryl/α,β-unsaturated/α-hetero) is 1. The molecule has 0 radical (unpaired) electrons. The molecule has 0 fully saturated rings. The minimum absolute atomic E-state index is 0.0801. The third kappa shape index (κ3) is 2.87. The summed E-state index contributed by atoms with van der Waals surface area (Å²) in [4.78, 5) is 12.0. The van der Waals surface area contributed by atoms with E-state index in [0.29, 0.717) is 16.8 Å². The summed E-state index contributed by atoms with van der Waals surface area (Å²) in [6, 6.07) is 10.7. The molecule has 0 amide bonds. The van der Waals surface area contributed by atoms with E-state index in [9.17, 15) is 9.18 Å². The molecule has 0 heterocycles. The van der Waals surface area contributed by atoms with Crippen LogP contribution in [0.3, 0.4) is 0 Å². The van der Waals surface area contributed by atoms with Crippen molar-refractivity contribution in [3.63, 3.8) is 0 Å². The van der Waals surface area contributed by atoms with E-state index in [-0.39, 0.29) is 17.2 Å². The molecule has 2 rings (SSSR count). The van der Waals surface area contributed by atoms with Crippen LogP contribution in [0, 0.1) is 5.82 Å². The lowest BCUT2D eigenvalue weighted by Gasteiger charge is -2.04. The van der Waals surface area contributed by atoms with Gasteiger partial charge in [0.05, 0.1) is 0 Å². The smallest absolute Gasteiger partial charge is 0.167 e. The molecular weight excluding hydrogens is 253 g/mol. The molecule has 0 spiro atoms. The van der Waals surface area contributed by atoms with Gasteiger partial charge in [0.25, 0.3) is 0 Å². The molecule has 0 saturated carbocycles. The molecule has 0 bridgehead atoms. The lowest BCUT2D eigenvalue weighted by atomic mass is 10.0. The van der Waals surface area contributed by atoms with Crippen LogP contribution in [0.4, 0.5) is 10.1 Å². The molecule has 2 nitrogen and oxygen atoms in total. The van der Waals surface area contributed by atoms with Crippen LogP contribution in [-0.2, 0) is 6.42 Å². The number of carbonyl (C=O) groups excluding carboxylic acids is 1. The zero-order chi connectivity index (χ0) is 13.1. The molecule has 92 valence electrons. The van der Waals surface area contributed by atoms with Crippen LogP contribution in [0.5, 0.6) is 0 Å². The summed E-state index contributed by atoms with van der Waals surface area (Å²) in [5.74, 6) is -0.493. The van der Waals surface area contributed by atoms with Crippen molar-refractivity contribution in [2.75, 3.05) is 5.73 Å². The number of halogens is 2. The van der Waals surface area contributed by atoms with Crippen molar-refractivity contribution in [3.8, 4) is 0 Å². The summed E-state index contributed by atoms with van der Waals surface area (Å²) >= 11 is 5.87. The van der Waals surface area contributed by atoms with Crippen LogP contribution in [0.1, 0.15) is 15.9 Å². The fraction of sp³-hybridized carbons (Fsp3) is 0.0714. The van der Waals surface area contributed by atoms with Crippen LogP contribution < -0.4 is 5.73 Å². The van der Waals surface area contributed by atoms with Crippen LogP contribution in [0.25, 0.3) is 0 Å². The van der Waals surface area contributed by atoms with E-state index in [1.165, 1.54) is 18.2 Å². The quantitative estimate of drug-likeness (QED) is 0.680. The van der Waals surface area contributed by atoms with Gasteiger partial charge in [-0.05, 0) is 42.0 Å². The maximum absolute atomic E-state index is 12.9. The van der Waals surface area contributed by atoms with Gasteiger partial charge in [0.15, 0.2) is 5.78 Å². The number of hydrogen-bond acceptors (Lipinski definition) is 2. The Kier molecular flexibility index (Phi) is 3.63. The van der Waals surface area contributed by atoms with Gasteiger partial charge in [0.2, 0.25) is 0 Å². The van der Waals surface area contributed by atoms with Crippen molar-refractivity contribution in [3.05, 3.63) is 64.4 Å². The van der Waals surface area contributed by atoms with Gasteiger partial charge >= 0.3 is 0 Å². The molecule has 0 atom stereocenters. The topological polar surface area (TPSA) is 43.1 Å². The van der Waals surface area contributed by atoms with E-state index in [4.69, 9.17) is 17.3 Å². The largest absolute Gasteiger partial charge is 0.399 e. The second-order valence-corrected chi connectivity index (χ2v) is 4.36. The highest BCUT2D eigenvalue weighted by atomic mass is 35.5. The fourth-order valence-electron chi connectivity index (χ4n) is 1.61. The normalized spacial score (nSPS) is 10.3. The number of ketones is 1. The molecule has 2 aromatic carbocycles. The molecule has 0 aliphatic carbocycles. The molecule has 0 aliphatic heterocycles. The van der Waals surface area contributed by atoms with Crippen LogP contribution in [0.15, 0.2) is 42.5 Å². The van der Waals surface area contributed by atoms with Gasteiger partial charge in [0.1, 0.15) is 5.82 Å². The highest BCUT2D eigenvalue weighted by molar-refractivity contribution is 6.31. The molecule has 0 saturated heterocycles. The van der Waals surface area contributed by atoms with Crippen molar-refractivity contribution in [2.24, 2.45) is 0 Å². The maximum Gasteiger partial charge on any atom is 0.167 e. The molecule has 0 unspecified atom stereocenters. The minimum atomic E-state index is -0.413. The predicted octanol–water partition coefficient (Wildman–Crippen LogP) is 3.49. The number of nitrogens with two attached hydrogens (primary N) is 1. The molecule has 18 heavy (non-hydrogen) atoms. The molecule has 0 aromatic heterocycles. The number of carbonyl (C=O) groups is 1. The van der Waals surface area contributed by atoms with Gasteiger partial charge in [-0.1, -0.05) is 17.7 Å². The third-order valence-electron chi connectivity index (χ3n) is 2.60. The van der Waals surface area contributed by atoms with Crippen molar-refractivity contribution >= 4 is 23.1 Å². The first-order valence-corrected chi connectivity index (χ1v) is 5.77. The Morgan fingerprint density at radius 2 is 1.83 bits per heavy atom. The zero-order valence-corrected chi connectivity index (χ0v) is 10.2. The van der Waals surface area contributed by atoms with Crippen molar-refractivity contribution in [1.82, 2.24) is 0 Å². The standard InChI is InChI=1S/C14H11ClFNO/c15-13-8-11(16)4-1-10(13)7-14(18)9-2-5-12(17)6-3-9/h1-6,8H,7,17H2. The average Bonchev–Trinajstić information content (AvgIpc) is 2.33. The van der Waals surface area contributed by atoms with Crippen molar-refractivity contribution in [1.29, 1.82) is 0 Å². The summed E-state index contributed by atoms with van der Waals surface area (Å²) < 4.78 is 12.9. The first-order valence-electron chi connectivity index (χ1n) is 5.39. The number of hydrogen-bond donors (Lipinski definition) is 1. The predicted molar refractivity (Wildman–Crippen MR) is 70.3 cm³/mol. The lowest BCUT2D eigenvalue weighted by Crippen LogP contribution is -2.04. The number of benzene rings is 2. The maximum atomic E-state index is 12.9. The minimum Gasteiger partial charge on any atom is -0.399 e. The summed E-state index contributed by atoms with van der Waals surface area (Å²) in [7, 11) is 0. The number of anilines is 1. The SMILES string of the molecule is Nc1ccc(C(=O)Cc2ccc(F)cc2Cl)cc1. The van der Waals surface area contributed by atoms with Gasteiger partial charge in [-0.2, -0.15) is 0 Å². The van der Waals surface area contributed by atoms with E-state index in [2.05, 4.69) is 0 Å². The summed E-state index contributed by atoms with van der Waals surface area (Å²) in [6.45, 7) is 0. The van der Waals surface area contributed by atoms with Crippen molar-refractivity contribution < 1.29 is 9.18 Å². The molecule has 2 aromatic rings. The van der Waals surface area contributed by atoms with E-state index in [0.717, 1.165) is 0 Å². The van der Waals surface area contributed by atoms with E-state index in [1.807, 2.05) is 0 Å². The second-order valence-electron chi connectivity index (χ2n) is 3.96. The average molecular weight is 264 g/mol. The van der Waals surface area contributed by atoms with Gasteiger partial charge in [-0.3, -0.25) is 4.79 Å². The van der Waals surface area contributed by atoms with Gasteiger partial charge in [0, 0.05) is 22.7 Å². The highest BCUT2D eigenvalue weighted by Crippen LogP contribution is 2.19. The van der Waals surface area contributed by atoms with Gasteiger partial charge in [-0.25, -0.2) is 4.39 Å². The molecule has 4 heteroatoms. The Labute approximate surface area is 109 Å². The Morgan fingerprint density at radius 1 is 1.17 bits per heavy atom. The molecule has 0 aliphatic rings. The fourth-order valence-corrected chi connectivity index (χ4v) is 1.84. The second kappa shape index (κ2) is 5.19. The number of nitrogen functional groups attached to an aromatic ring is 1. The number of rotatable bonds is 3. The van der Waals surface area contributed by atoms with E-state index >= 15 is 0 Å². The summed E-state index contributed by atoms with van der Waals surface area (Å²) in [5.41, 5.74) is 7.32. The Hall–Kier alpha value is -1.87. The highest BCUT2D eigenvalue weighted by Gasteiger charge is 2.10. The third-order valence-corrected chi connectivity index (χ3v) is 2.95. The van der Waals surface area contributed by atoms with E-state index < -0.39 is 5.82 Å². The summed E-state index contributed by atoms with van der Waals surface area (Å²) in [6.07, 6.45) is 0.142. The van der Waals surface area contributed by atoms with Gasteiger partial charge in [-0.15, -0.1) is 0 Å². The monoisotopic (exact) mass is 263 g/mol.